The first-order valence-electron chi connectivity index (χ1n) is 4.73. The topological polar surface area (TPSA) is 45.9 Å². The fourth-order valence-corrected chi connectivity index (χ4v) is 1.01. The summed E-state index contributed by atoms with van der Waals surface area (Å²) in [6.45, 7) is 4.55. The first-order valence-corrected chi connectivity index (χ1v) is 4.73. The van der Waals surface area contributed by atoms with Crippen LogP contribution in [0.2, 0.25) is 0 Å². The molecule has 0 spiro atoms. The largest absolute Gasteiger partial charge is 0.374 e. The molecule has 0 aliphatic rings. The molecule has 0 fully saturated rings. The fraction of sp³-hybridized carbons (Fsp3) is 0.455. The Kier molecular flexibility index (Phi) is 4.09. The Morgan fingerprint density at radius 3 is 3.07 bits per heavy atom. The monoisotopic (exact) mass is 190 g/mol. The van der Waals surface area contributed by atoms with E-state index in [9.17, 15) is 0 Å². The van der Waals surface area contributed by atoms with Crippen LogP contribution < -0.4 is 0 Å². The van der Waals surface area contributed by atoms with Gasteiger partial charge in [-0.2, -0.15) is 5.26 Å². The Labute approximate surface area is 84.3 Å². The van der Waals surface area contributed by atoms with Crippen molar-refractivity contribution in [2.24, 2.45) is 0 Å². The molecule has 0 saturated heterocycles. The molecule has 3 heteroatoms. The van der Waals surface area contributed by atoms with E-state index in [2.05, 4.69) is 11.9 Å². The van der Waals surface area contributed by atoms with Gasteiger partial charge in [0.15, 0.2) is 0 Å². The zero-order valence-corrected chi connectivity index (χ0v) is 8.53. The maximum absolute atomic E-state index is 8.77. The number of rotatable bonds is 4. The minimum atomic E-state index is 0.224. The van der Waals surface area contributed by atoms with Crippen LogP contribution in [0.5, 0.6) is 0 Å². The number of hydrogen-bond donors (Lipinski definition) is 0. The summed E-state index contributed by atoms with van der Waals surface area (Å²) in [5.74, 6) is 0. The van der Waals surface area contributed by atoms with Crippen LogP contribution in [-0.2, 0) is 11.3 Å². The Balaban J connectivity index is 2.63. The third-order valence-electron chi connectivity index (χ3n) is 2.10. The minimum Gasteiger partial charge on any atom is -0.374 e. The quantitative estimate of drug-likeness (QED) is 0.731. The summed E-state index contributed by atoms with van der Waals surface area (Å²) in [7, 11) is 0. The van der Waals surface area contributed by atoms with Crippen molar-refractivity contribution in [3.05, 3.63) is 29.6 Å². The number of hydrogen-bond acceptors (Lipinski definition) is 3. The summed E-state index contributed by atoms with van der Waals surface area (Å²) in [5.41, 5.74) is 1.31. The average Bonchev–Trinajstić information content (AvgIpc) is 2.26. The van der Waals surface area contributed by atoms with Crippen LogP contribution >= 0.6 is 0 Å². The first-order chi connectivity index (χ1) is 6.77. The number of nitrogens with zero attached hydrogens (tertiary/aromatic N) is 2. The van der Waals surface area contributed by atoms with Crippen molar-refractivity contribution in [3.63, 3.8) is 0 Å². The number of pyridine rings is 1. The Bertz CT molecular complexity index is 330. The van der Waals surface area contributed by atoms with Gasteiger partial charge < -0.3 is 4.74 Å². The molecule has 0 N–H and O–H groups in total. The minimum absolute atomic E-state index is 0.224. The van der Waals surface area contributed by atoms with E-state index in [1.165, 1.54) is 0 Å². The second-order valence-electron chi connectivity index (χ2n) is 3.15. The van der Waals surface area contributed by atoms with E-state index in [0.717, 1.165) is 12.0 Å². The van der Waals surface area contributed by atoms with Crippen molar-refractivity contribution in [1.82, 2.24) is 4.98 Å². The summed E-state index contributed by atoms with van der Waals surface area (Å²) in [5, 5.41) is 8.77. The highest BCUT2D eigenvalue weighted by molar-refractivity contribution is 5.29. The van der Waals surface area contributed by atoms with E-state index in [0.29, 0.717) is 12.3 Å². The van der Waals surface area contributed by atoms with Gasteiger partial charge in [-0.25, -0.2) is 4.98 Å². The van der Waals surface area contributed by atoms with E-state index in [1.54, 1.807) is 6.20 Å². The summed E-state index contributed by atoms with van der Waals surface area (Å²) in [4.78, 5) is 3.96. The van der Waals surface area contributed by atoms with Crippen molar-refractivity contribution in [1.29, 1.82) is 5.26 Å². The zero-order valence-electron chi connectivity index (χ0n) is 8.53. The molecular formula is C11H14N2O. The molecule has 0 bridgehead atoms. The predicted octanol–water partition coefficient (Wildman–Crippen LogP) is 2.27. The molecule has 14 heavy (non-hydrogen) atoms. The van der Waals surface area contributed by atoms with E-state index in [1.807, 2.05) is 25.1 Å². The molecule has 1 unspecified atom stereocenters. The number of nitriles is 1. The van der Waals surface area contributed by atoms with Crippen LogP contribution in [0.25, 0.3) is 0 Å². The summed E-state index contributed by atoms with van der Waals surface area (Å²) in [6, 6.07) is 5.73. The van der Waals surface area contributed by atoms with E-state index in [4.69, 9.17) is 10.00 Å². The second-order valence-corrected chi connectivity index (χ2v) is 3.15. The van der Waals surface area contributed by atoms with Gasteiger partial charge >= 0.3 is 0 Å². The van der Waals surface area contributed by atoms with Crippen molar-refractivity contribution >= 4 is 0 Å². The molecule has 1 atom stereocenters. The van der Waals surface area contributed by atoms with E-state index < -0.39 is 0 Å². The molecule has 0 aliphatic heterocycles. The normalized spacial score (nSPS) is 12.1. The third-order valence-corrected chi connectivity index (χ3v) is 2.10. The molecule has 74 valence electrons. The highest BCUT2D eigenvalue weighted by atomic mass is 16.5. The molecule has 1 aromatic heterocycles. The van der Waals surface area contributed by atoms with Gasteiger partial charge in [-0.15, -0.1) is 0 Å². The van der Waals surface area contributed by atoms with E-state index >= 15 is 0 Å². The summed E-state index contributed by atoms with van der Waals surface area (Å²) in [6.07, 6.45) is 2.81. The maximum Gasteiger partial charge on any atom is 0.145 e. The number of ether oxygens (including phenoxy) is 1. The zero-order chi connectivity index (χ0) is 10.4. The molecule has 0 aliphatic carbocycles. The lowest BCUT2D eigenvalue weighted by molar-refractivity contribution is 0.0506. The van der Waals surface area contributed by atoms with Gasteiger partial charge in [-0.3, -0.25) is 0 Å². The highest BCUT2D eigenvalue weighted by Crippen LogP contribution is 2.08. The van der Waals surface area contributed by atoms with Crippen LogP contribution in [0.3, 0.4) is 0 Å². The van der Waals surface area contributed by atoms with Crippen LogP contribution in [0, 0.1) is 11.3 Å². The van der Waals surface area contributed by atoms with Crippen LogP contribution in [0.15, 0.2) is 18.3 Å². The maximum atomic E-state index is 8.77. The SMILES string of the molecule is CCC(C)OCc1cccnc1C#N. The van der Waals surface area contributed by atoms with E-state index in [-0.39, 0.29) is 6.10 Å². The molecule has 1 heterocycles. The molecule has 1 aromatic rings. The smallest absolute Gasteiger partial charge is 0.145 e. The van der Waals surface area contributed by atoms with Gasteiger partial charge in [-0.05, 0) is 19.4 Å². The van der Waals surface area contributed by atoms with Gasteiger partial charge in [0.25, 0.3) is 0 Å². The van der Waals surface area contributed by atoms with Gasteiger partial charge in [0, 0.05) is 11.8 Å². The van der Waals surface area contributed by atoms with Crippen LogP contribution in [-0.4, -0.2) is 11.1 Å². The Hall–Kier alpha value is -1.40. The summed E-state index contributed by atoms with van der Waals surface area (Å²) >= 11 is 0. The van der Waals surface area contributed by atoms with Crippen molar-refractivity contribution in [3.8, 4) is 6.07 Å². The molecule has 3 nitrogen and oxygen atoms in total. The second kappa shape index (κ2) is 5.36. The van der Waals surface area contributed by atoms with Crippen molar-refractivity contribution in [2.75, 3.05) is 0 Å². The Morgan fingerprint density at radius 2 is 2.43 bits per heavy atom. The Morgan fingerprint density at radius 1 is 1.64 bits per heavy atom. The van der Waals surface area contributed by atoms with Crippen LogP contribution in [0.1, 0.15) is 31.5 Å². The standard InChI is InChI=1S/C11H14N2O/c1-3-9(2)14-8-10-5-4-6-13-11(10)7-12/h4-6,9H,3,8H2,1-2H3. The lowest BCUT2D eigenvalue weighted by Gasteiger charge is -2.10. The van der Waals surface area contributed by atoms with Gasteiger partial charge in [0.1, 0.15) is 11.8 Å². The lowest BCUT2D eigenvalue weighted by atomic mass is 10.2. The molecule has 0 radical (unpaired) electrons. The fourth-order valence-electron chi connectivity index (χ4n) is 1.01. The summed E-state index contributed by atoms with van der Waals surface area (Å²) < 4.78 is 5.53. The van der Waals surface area contributed by atoms with Gasteiger partial charge in [0.2, 0.25) is 0 Å². The first kappa shape index (κ1) is 10.7. The molecule has 0 aromatic carbocycles. The molecule has 1 rings (SSSR count). The van der Waals surface area contributed by atoms with Crippen molar-refractivity contribution < 1.29 is 4.74 Å². The van der Waals surface area contributed by atoms with Crippen LogP contribution in [0.4, 0.5) is 0 Å². The van der Waals surface area contributed by atoms with Gasteiger partial charge in [-0.1, -0.05) is 13.0 Å². The number of aromatic nitrogens is 1. The van der Waals surface area contributed by atoms with Crippen molar-refractivity contribution in [2.45, 2.75) is 33.0 Å². The molecular weight excluding hydrogens is 176 g/mol. The average molecular weight is 190 g/mol. The third kappa shape index (κ3) is 2.82. The lowest BCUT2D eigenvalue weighted by Crippen LogP contribution is -2.07. The molecule has 0 saturated carbocycles. The highest BCUT2D eigenvalue weighted by Gasteiger charge is 2.04. The van der Waals surface area contributed by atoms with Gasteiger partial charge in [0.05, 0.1) is 12.7 Å². The predicted molar refractivity (Wildman–Crippen MR) is 53.5 cm³/mol. The molecule has 0 amide bonds.